The fourth-order valence-corrected chi connectivity index (χ4v) is 6.68. The maximum atomic E-state index is 13.3. The number of fused-ring (bicyclic) bond motifs is 1. The van der Waals surface area contributed by atoms with E-state index >= 15 is 0 Å². The molecule has 31 heavy (non-hydrogen) atoms. The molecule has 0 aromatic carbocycles. The molecule has 0 unspecified atom stereocenters. The molecule has 0 atom stereocenters. The Labute approximate surface area is 192 Å². The monoisotopic (exact) mass is 480 g/mol. The van der Waals surface area contributed by atoms with Crippen LogP contribution in [-0.2, 0) is 9.59 Å². The van der Waals surface area contributed by atoms with E-state index in [9.17, 15) is 19.2 Å². The largest absolute Gasteiger partial charge is 0.354 e. The zero-order valence-electron chi connectivity index (χ0n) is 17.4. The molecule has 1 saturated heterocycles. The highest BCUT2D eigenvalue weighted by Gasteiger charge is 2.29. The Bertz CT molecular complexity index is 1090. The molecule has 1 aliphatic carbocycles. The van der Waals surface area contributed by atoms with Crippen LogP contribution in [0.25, 0.3) is 10.2 Å². The van der Waals surface area contributed by atoms with Crippen LogP contribution >= 0.6 is 34.9 Å². The van der Waals surface area contributed by atoms with Crippen molar-refractivity contribution in [3.05, 3.63) is 20.8 Å². The van der Waals surface area contributed by atoms with Gasteiger partial charge in [0.15, 0.2) is 5.16 Å². The lowest BCUT2D eigenvalue weighted by molar-refractivity contribution is -0.125. The molecule has 4 rings (SSSR count). The quantitative estimate of drug-likeness (QED) is 0.480. The molecule has 3 amide bonds. The molecule has 1 saturated carbocycles. The average Bonchev–Trinajstić information content (AvgIpc) is 3.43. The highest BCUT2D eigenvalue weighted by Crippen LogP contribution is 2.34. The van der Waals surface area contributed by atoms with E-state index in [1.807, 2.05) is 13.8 Å². The Hall–Kier alpha value is -1.85. The molecular weight excluding hydrogens is 456 g/mol. The van der Waals surface area contributed by atoms with Gasteiger partial charge in [0.25, 0.3) is 10.8 Å². The van der Waals surface area contributed by atoms with Crippen LogP contribution in [0.15, 0.2) is 9.95 Å². The van der Waals surface area contributed by atoms with Crippen LogP contribution in [0.3, 0.4) is 0 Å². The SMILES string of the molecule is Cc1sc2nc(SCC(=O)NCCN3C(=O)CSC3=O)n(C3CCCC3)c(=O)c2c1C. The van der Waals surface area contributed by atoms with Gasteiger partial charge in [0, 0.05) is 24.0 Å². The Kier molecular flexibility index (Phi) is 6.73. The number of hydrogen-bond donors (Lipinski definition) is 1. The van der Waals surface area contributed by atoms with Gasteiger partial charge in [-0.25, -0.2) is 4.98 Å². The van der Waals surface area contributed by atoms with Crippen LogP contribution in [0.5, 0.6) is 0 Å². The van der Waals surface area contributed by atoms with Crippen LogP contribution in [0, 0.1) is 13.8 Å². The van der Waals surface area contributed by atoms with E-state index in [1.165, 1.54) is 23.1 Å². The molecule has 11 heteroatoms. The van der Waals surface area contributed by atoms with Gasteiger partial charge >= 0.3 is 0 Å². The molecule has 1 aliphatic heterocycles. The molecule has 2 aromatic rings. The molecule has 166 valence electrons. The van der Waals surface area contributed by atoms with Gasteiger partial charge in [-0.15, -0.1) is 11.3 Å². The first-order valence-electron chi connectivity index (χ1n) is 10.3. The van der Waals surface area contributed by atoms with Crippen molar-refractivity contribution in [1.82, 2.24) is 19.8 Å². The highest BCUT2D eigenvalue weighted by molar-refractivity contribution is 8.14. The number of carbonyl (C=O) groups is 3. The highest BCUT2D eigenvalue weighted by atomic mass is 32.2. The first-order valence-corrected chi connectivity index (χ1v) is 13.0. The van der Waals surface area contributed by atoms with Gasteiger partial charge in [0.1, 0.15) is 4.83 Å². The Morgan fingerprint density at radius 2 is 1.97 bits per heavy atom. The summed E-state index contributed by atoms with van der Waals surface area (Å²) in [5.74, 6) is -0.164. The van der Waals surface area contributed by atoms with Crippen molar-refractivity contribution in [3.8, 4) is 0 Å². The van der Waals surface area contributed by atoms with Crippen molar-refractivity contribution in [2.45, 2.75) is 50.7 Å². The Balaban J connectivity index is 1.46. The number of thioether (sulfide) groups is 2. The molecule has 2 aromatic heterocycles. The molecular formula is C20H24N4O4S3. The van der Waals surface area contributed by atoms with Crippen LogP contribution in [-0.4, -0.2) is 56.1 Å². The topological polar surface area (TPSA) is 101 Å². The van der Waals surface area contributed by atoms with E-state index in [0.717, 1.165) is 57.6 Å². The predicted molar refractivity (Wildman–Crippen MR) is 124 cm³/mol. The second-order valence-electron chi connectivity index (χ2n) is 7.71. The van der Waals surface area contributed by atoms with Crippen molar-refractivity contribution < 1.29 is 14.4 Å². The summed E-state index contributed by atoms with van der Waals surface area (Å²) in [4.78, 5) is 56.7. The van der Waals surface area contributed by atoms with Gasteiger partial charge in [-0.2, -0.15) is 0 Å². The molecule has 0 bridgehead atoms. The number of carbonyl (C=O) groups excluding carboxylic acids is 3. The third-order valence-electron chi connectivity index (χ3n) is 5.72. The number of nitrogens with zero attached hydrogens (tertiary/aromatic N) is 3. The summed E-state index contributed by atoms with van der Waals surface area (Å²) in [7, 11) is 0. The van der Waals surface area contributed by atoms with E-state index in [4.69, 9.17) is 4.98 Å². The van der Waals surface area contributed by atoms with Gasteiger partial charge in [-0.1, -0.05) is 36.4 Å². The van der Waals surface area contributed by atoms with E-state index in [-0.39, 0.29) is 53.2 Å². The molecule has 0 radical (unpaired) electrons. The second-order valence-corrected chi connectivity index (χ2v) is 10.8. The zero-order valence-corrected chi connectivity index (χ0v) is 19.9. The van der Waals surface area contributed by atoms with Crippen molar-refractivity contribution in [1.29, 1.82) is 0 Å². The number of rotatable bonds is 7. The van der Waals surface area contributed by atoms with Crippen molar-refractivity contribution in [3.63, 3.8) is 0 Å². The van der Waals surface area contributed by atoms with Gasteiger partial charge in [0.05, 0.1) is 16.9 Å². The number of amides is 3. The van der Waals surface area contributed by atoms with Gasteiger partial charge in [0.2, 0.25) is 11.8 Å². The lowest BCUT2D eigenvalue weighted by Gasteiger charge is -2.18. The summed E-state index contributed by atoms with van der Waals surface area (Å²) in [5, 5.41) is 3.76. The minimum Gasteiger partial charge on any atom is -0.354 e. The van der Waals surface area contributed by atoms with Gasteiger partial charge in [-0.05, 0) is 32.3 Å². The summed E-state index contributed by atoms with van der Waals surface area (Å²) in [6.45, 7) is 4.34. The lowest BCUT2D eigenvalue weighted by Crippen LogP contribution is -2.38. The second kappa shape index (κ2) is 9.33. The third-order valence-corrected chi connectivity index (χ3v) is 8.64. The number of aryl methyl sites for hydroxylation is 2. The van der Waals surface area contributed by atoms with Crippen molar-refractivity contribution in [2.75, 3.05) is 24.6 Å². The van der Waals surface area contributed by atoms with E-state index in [0.29, 0.717) is 10.5 Å². The summed E-state index contributed by atoms with van der Waals surface area (Å²) in [6.07, 6.45) is 4.08. The number of thiophene rings is 1. The van der Waals surface area contributed by atoms with Crippen LogP contribution in [0.2, 0.25) is 0 Å². The van der Waals surface area contributed by atoms with E-state index in [2.05, 4.69) is 5.32 Å². The average molecular weight is 481 g/mol. The molecule has 2 fully saturated rings. The predicted octanol–water partition coefficient (Wildman–Crippen LogP) is 3.09. The van der Waals surface area contributed by atoms with Crippen LogP contribution in [0.1, 0.15) is 42.2 Å². The smallest absolute Gasteiger partial charge is 0.288 e. The van der Waals surface area contributed by atoms with Crippen molar-refractivity contribution in [2.24, 2.45) is 0 Å². The summed E-state index contributed by atoms with van der Waals surface area (Å²) < 4.78 is 1.80. The molecule has 3 heterocycles. The summed E-state index contributed by atoms with van der Waals surface area (Å²) >= 11 is 3.76. The molecule has 1 N–H and O–H groups in total. The first-order chi connectivity index (χ1) is 14.9. The lowest BCUT2D eigenvalue weighted by atomic mass is 10.2. The van der Waals surface area contributed by atoms with Crippen molar-refractivity contribution >= 4 is 62.1 Å². The maximum Gasteiger partial charge on any atom is 0.288 e. The summed E-state index contributed by atoms with van der Waals surface area (Å²) in [6, 6.07) is 0.124. The van der Waals surface area contributed by atoms with E-state index < -0.39 is 0 Å². The van der Waals surface area contributed by atoms with Crippen LogP contribution in [0.4, 0.5) is 4.79 Å². The molecule has 8 nitrogen and oxygen atoms in total. The molecule has 0 spiro atoms. The van der Waals surface area contributed by atoms with Gasteiger partial charge in [-0.3, -0.25) is 28.6 Å². The Morgan fingerprint density at radius 1 is 1.23 bits per heavy atom. The number of imide groups is 1. The minimum atomic E-state index is -0.270. The number of nitrogens with one attached hydrogen (secondary N) is 1. The standard InChI is InChI=1S/C20H24N4O4S3/c1-11-12(2)31-17-16(11)18(27)24(13-5-3-4-6-13)19(22-17)29-9-14(25)21-7-8-23-15(26)10-30-20(23)28/h13H,3-10H2,1-2H3,(H,21,25). The number of aromatic nitrogens is 2. The fourth-order valence-electron chi connectivity index (χ4n) is 3.96. The number of hydrogen-bond acceptors (Lipinski definition) is 8. The fraction of sp³-hybridized carbons (Fsp3) is 0.550. The van der Waals surface area contributed by atoms with Gasteiger partial charge < -0.3 is 5.32 Å². The maximum absolute atomic E-state index is 13.3. The minimum absolute atomic E-state index is 0.00906. The zero-order chi connectivity index (χ0) is 22.1. The van der Waals surface area contributed by atoms with E-state index in [1.54, 1.807) is 4.57 Å². The Morgan fingerprint density at radius 3 is 2.65 bits per heavy atom. The first kappa shape index (κ1) is 22.3. The summed E-state index contributed by atoms with van der Waals surface area (Å²) in [5.41, 5.74) is 0.980. The molecule has 2 aliphatic rings. The van der Waals surface area contributed by atoms with Crippen LogP contribution < -0.4 is 10.9 Å². The third kappa shape index (κ3) is 4.54. The normalized spacial score (nSPS) is 17.3.